The molecule has 93 valence electrons. The number of ether oxygens (including phenoxy) is 1. The molecular formula is C11H11F3NO2. The van der Waals surface area contributed by atoms with E-state index in [1.165, 1.54) is 12.1 Å². The molecule has 3 nitrogen and oxygen atoms in total. The number of hydrogen-bond donors (Lipinski definition) is 1. The topological polar surface area (TPSA) is 52.3 Å². The first-order valence-corrected chi connectivity index (χ1v) is 4.78. The monoisotopic (exact) mass is 246 g/mol. The number of rotatable bonds is 5. The second-order valence-corrected chi connectivity index (χ2v) is 3.35. The lowest BCUT2D eigenvalue weighted by Crippen LogP contribution is -2.19. The first kappa shape index (κ1) is 13.3. The Bertz CT molecular complexity index is 373. The Kier molecular flexibility index (Phi) is 4.37. The van der Waals surface area contributed by atoms with Gasteiger partial charge in [0.05, 0.1) is 0 Å². The Morgan fingerprint density at radius 3 is 2.35 bits per heavy atom. The maximum atomic E-state index is 11.8. The molecule has 1 amide bonds. The summed E-state index contributed by atoms with van der Waals surface area (Å²) in [6.07, 6.45) is -2.69. The van der Waals surface area contributed by atoms with Crippen molar-refractivity contribution < 1.29 is 22.7 Å². The molecule has 1 radical (unpaired) electrons. The smallest absolute Gasteiger partial charge is 0.422 e. The molecule has 0 fully saturated rings. The molecule has 1 aromatic rings. The van der Waals surface area contributed by atoms with Gasteiger partial charge in [0, 0.05) is 6.42 Å². The Balaban J connectivity index is 2.47. The molecule has 0 spiro atoms. The molecular weight excluding hydrogens is 235 g/mol. The van der Waals surface area contributed by atoms with E-state index in [0.29, 0.717) is 5.56 Å². The highest BCUT2D eigenvalue weighted by Crippen LogP contribution is 2.19. The van der Waals surface area contributed by atoms with Gasteiger partial charge in [-0.25, -0.2) is 0 Å². The van der Waals surface area contributed by atoms with Crippen LogP contribution in [0.1, 0.15) is 12.0 Å². The van der Waals surface area contributed by atoms with Crippen LogP contribution in [0, 0.1) is 6.42 Å². The van der Waals surface area contributed by atoms with Crippen molar-refractivity contribution in [2.75, 3.05) is 6.61 Å². The van der Waals surface area contributed by atoms with Gasteiger partial charge in [0.1, 0.15) is 5.75 Å². The minimum atomic E-state index is -4.35. The van der Waals surface area contributed by atoms with Gasteiger partial charge in [0.2, 0.25) is 5.91 Å². The van der Waals surface area contributed by atoms with Gasteiger partial charge in [-0.05, 0) is 24.1 Å². The van der Waals surface area contributed by atoms with Crippen LogP contribution in [0.15, 0.2) is 24.3 Å². The Morgan fingerprint density at radius 2 is 1.88 bits per heavy atom. The summed E-state index contributed by atoms with van der Waals surface area (Å²) in [4.78, 5) is 10.5. The minimum Gasteiger partial charge on any atom is -0.484 e. The van der Waals surface area contributed by atoms with Crippen molar-refractivity contribution in [3.8, 4) is 5.75 Å². The highest BCUT2D eigenvalue weighted by molar-refractivity contribution is 5.75. The maximum absolute atomic E-state index is 11.8. The predicted octanol–water partition coefficient (Wildman–Crippen LogP) is 2.06. The molecule has 0 bridgehead atoms. The van der Waals surface area contributed by atoms with Crippen LogP contribution < -0.4 is 10.5 Å². The standard InChI is InChI=1S/C11H11F3NO2/c12-11(13,14)7-17-9-4-1-8(2-5-9)3-6-10(15)16/h1-5H,6-7H2,(H2,15,16). The van der Waals surface area contributed by atoms with Crippen molar-refractivity contribution >= 4 is 5.91 Å². The van der Waals surface area contributed by atoms with Gasteiger partial charge < -0.3 is 10.5 Å². The molecule has 0 saturated carbocycles. The molecule has 0 saturated heterocycles. The minimum absolute atomic E-state index is 0.0861. The first-order valence-electron chi connectivity index (χ1n) is 4.78. The highest BCUT2D eigenvalue weighted by Gasteiger charge is 2.28. The summed E-state index contributed by atoms with van der Waals surface area (Å²) in [5.74, 6) is -0.346. The molecule has 1 rings (SSSR count). The zero-order valence-corrected chi connectivity index (χ0v) is 8.83. The molecule has 0 aliphatic rings. The van der Waals surface area contributed by atoms with E-state index >= 15 is 0 Å². The van der Waals surface area contributed by atoms with E-state index in [9.17, 15) is 18.0 Å². The molecule has 0 atom stereocenters. The Morgan fingerprint density at radius 1 is 1.29 bits per heavy atom. The number of carbonyl (C=O) groups is 1. The van der Waals surface area contributed by atoms with E-state index in [4.69, 9.17) is 5.73 Å². The van der Waals surface area contributed by atoms with Gasteiger partial charge in [-0.15, -0.1) is 0 Å². The molecule has 2 N–H and O–H groups in total. The van der Waals surface area contributed by atoms with Crippen LogP contribution >= 0.6 is 0 Å². The van der Waals surface area contributed by atoms with E-state index < -0.39 is 18.7 Å². The second kappa shape index (κ2) is 5.56. The van der Waals surface area contributed by atoms with E-state index in [0.717, 1.165) is 0 Å². The van der Waals surface area contributed by atoms with Crippen LogP contribution in [0.25, 0.3) is 0 Å². The van der Waals surface area contributed by atoms with Crippen molar-refractivity contribution in [3.05, 3.63) is 36.2 Å². The van der Waals surface area contributed by atoms with Crippen molar-refractivity contribution in [2.45, 2.75) is 12.6 Å². The van der Waals surface area contributed by atoms with Gasteiger partial charge in [-0.2, -0.15) is 13.2 Å². The third kappa shape index (κ3) is 5.79. The normalized spacial score (nSPS) is 11.2. The lowest BCUT2D eigenvalue weighted by atomic mass is 10.1. The summed E-state index contributed by atoms with van der Waals surface area (Å²) in [5, 5.41) is 0. The quantitative estimate of drug-likeness (QED) is 0.864. The molecule has 0 aliphatic carbocycles. The van der Waals surface area contributed by atoms with Gasteiger partial charge in [0.15, 0.2) is 6.61 Å². The second-order valence-electron chi connectivity index (χ2n) is 3.35. The van der Waals surface area contributed by atoms with Gasteiger partial charge in [0.25, 0.3) is 0 Å². The molecule has 0 heterocycles. The number of carbonyl (C=O) groups excluding carboxylic acids is 1. The van der Waals surface area contributed by atoms with Crippen molar-refractivity contribution in [3.63, 3.8) is 0 Å². The summed E-state index contributed by atoms with van der Waals surface area (Å²) < 4.78 is 40.1. The van der Waals surface area contributed by atoms with Gasteiger partial charge in [-0.3, -0.25) is 4.79 Å². The number of halogens is 3. The summed E-state index contributed by atoms with van der Waals surface area (Å²) in [6, 6.07) is 5.90. The fourth-order valence-electron chi connectivity index (χ4n) is 1.08. The zero-order valence-electron chi connectivity index (χ0n) is 8.83. The lowest BCUT2D eigenvalue weighted by Gasteiger charge is -2.09. The van der Waals surface area contributed by atoms with Crippen LogP contribution in [0.3, 0.4) is 0 Å². The number of benzene rings is 1. The molecule has 0 unspecified atom stereocenters. The fraction of sp³-hybridized carbons (Fsp3) is 0.273. The van der Waals surface area contributed by atoms with Crippen molar-refractivity contribution in [1.29, 1.82) is 0 Å². The Labute approximate surface area is 96.4 Å². The summed E-state index contributed by atoms with van der Waals surface area (Å²) in [6.45, 7) is -1.32. The molecule has 0 aliphatic heterocycles. The van der Waals surface area contributed by atoms with Crippen LogP contribution in [0.5, 0.6) is 5.75 Å². The van der Waals surface area contributed by atoms with Crippen LogP contribution in [0.2, 0.25) is 0 Å². The fourth-order valence-corrected chi connectivity index (χ4v) is 1.08. The van der Waals surface area contributed by atoms with Gasteiger partial charge in [-0.1, -0.05) is 12.1 Å². The Hall–Kier alpha value is -1.72. The summed E-state index contributed by atoms with van der Waals surface area (Å²) in [5.41, 5.74) is 5.64. The largest absolute Gasteiger partial charge is 0.484 e. The summed E-state index contributed by atoms with van der Waals surface area (Å²) >= 11 is 0. The number of nitrogens with two attached hydrogens (primary N) is 1. The van der Waals surface area contributed by atoms with Crippen LogP contribution in [0.4, 0.5) is 13.2 Å². The average molecular weight is 246 g/mol. The van der Waals surface area contributed by atoms with Crippen molar-refractivity contribution in [1.82, 2.24) is 0 Å². The SMILES string of the molecule is NC(=O)C[CH]c1ccc(OCC(F)(F)F)cc1. The lowest BCUT2D eigenvalue weighted by molar-refractivity contribution is -0.153. The van der Waals surface area contributed by atoms with E-state index in [1.807, 2.05) is 0 Å². The molecule has 0 aromatic heterocycles. The average Bonchev–Trinajstić information content (AvgIpc) is 2.24. The molecule has 1 aromatic carbocycles. The van der Waals surface area contributed by atoms with E-state index in [-0.39, 0.29) is 12.2 Å². The van der Waals surface area contributed by atoms with Crippen molar-refractivity contribution in [2.24, 2.45) is 5.73 Å². The maximum Gasteiger partial charge on any atom is 0.422 e. The number of primary amides is 1. The van der Waals surface area contributed by atoms with Crippen LogP contribution in [-0.2, 0) is 4.79 Å². The number of alkyl halides is 3. The molecule has 17 heavy (non-hydrogen) atoms. The van der Waals surface area contributed by atoms with E-state index in [2.05, 4.69) is 4.74 Å². The summed E-state index contributed by atoms with van der Waals surface area (Å²) in [7, 11) is 0. The first-order chi connectivity index (χ1) is 7.87. The van der Waals surface area contributed by atoms with Crippen LogP contribution in [-0.4, -0.2) is 18.7 Å². The predicted molar refractivity (Wildman–Crippen MR) is 55.2 cm³/mol. The number of amides is 1. The zero-order chi connectivity index (χ0) is 12.9. The third-order valence-corrected chi connectivity index (χ3v) is 1.82. The highest BCUT2D eigenvalue weighted by atomic mass is 19.4. The van der Waals surface area contributed by atoms with E-state index in [1.54, 1.807) is 18.6 Å². The van der Waals surface area contributed by atoms with Gasteiger partial charge >= 0.3 is 6.18 Å². The third-order valence-electron chi connectivity index (χ3n) is 1.82. The number of hydrogen-bond acceptors (Lipinski definition) is 2. The molecule has 6 heteroatoms.